The average molecular weight is 355 g/mol. The summed E-state index contributed by atoms with van der Waals surface area (Å²) < 4.78 is 0. The van der Waals surface area contributed by atoms with E-state index in [0.29, 0.717) is 5.41 Å². The lowest BCUT2D eigenvalue weighted by Gasteiger charge is -2.38. The van der Waals surface area contributed by atoms with Crippen molar-refractivity contribution in [2.45, 2.75) is 52.9 Å². The van der Waals surface area contributed by atoms with Crippen LogP contribution in [0.3, 0.4) is 0 Å². The second-order valence-electron chi connectivity index (χ2n) is 8.44. The topological polar surface area (TPSA) is 0 Å². The maximum Gasteiger partial charge on any atom is -0.00821 e. The number of rotatable bonds is 4. The van der Waals surface area contributed by atoms with E-state index < -0.39 is 0 Å². The van der Waals surface area contributed by atoms with Crippen LogP contribution in [0, 0.1) is 12.3 Å². The lowest BCUT2D eigenvalue weighted by Crippen LogP contribution is -2.26. The first kappa shape index (κ1) is 18.0. The molecule has 0 saturated heterocycles. The normalized spacial score (nSPS) is 18.1. The Morgan fingerprint density at radius 2 is 1.78 bits per heavy atom. The van der Waals surface area contributed by atoms with E-state index >= 15 is 0 Å². The molecule has 2 aliphatic carbocycles. The van der Waals surface area contributed by atoms with E-state index in [9.17, 15) is 0 Å². The predicted molar refractivity (Wildman–Crippen MR) is 119 cm³/mol. The summed E-state index contributed by atoms with van der Waals surface area (Å²) in [6.45, 7) is 11.3. The van der Waals surface area contributed by atoms with Gasteiger partial charge in [-0.1, -0.05) is 74.5 Å². The minimum atomic E-state index is 0.415. The van der Waals surface area contributed by atoms with Gasteiger partial charge >= 0.3 is 0 Å². The molecule has 0 spiro atoms. The fourth-order valence-electron chi connectivity index (χ4n) is 4.78. The van der Waals surface area contributed by atoms with Gasteiger partial charge in [-0.25, -0.2) is 0 Å². The van der Waals surface area contributed by atoms with E-state index in [1.165, 1.54) is 63.8 Å². The maximum atomic E-state index is 4.45. The van der Waals surface area contributed by atoms with Gasteiger partial charge in [-0.05, 0) is 89.5 Å². The van der Waals surface area contributed by atoms with Gasteiger partial charge in [0.05, 0.1) is 0 Å². The van der Waals surface area contributed by atoms with Crippen LogP contribution in [0.1, 0.15) is 67.3 Å². The quantitative estimate of drug-likeness (QED) is 0.529. The van der Waals surface area contributed by atoms with Crippen molar-refractivity contribution in [2.75, 3.05) is 0 Å². The highest BCUT2D eigenvalue weighted by molar-refractivity contribution is 5.90. The Balaban J connectivity index is 1.63. The van der Waals surface area contributed by atoms with Crippen LogP contribution in [-0.2, 0) is 6.42 Å². The number of benzene rings is 2. The summed E-state index contributed by atoms with van der Waals surface area (Å²) in [4.78, 5) is 0. The van der Waals surface area contributed by atoms with Crippen LogP contribution >= 0.6 is 0 Å². The molecule has 4 rings (SSSR count). The summed E-state index contributed by atoms with van der Waals surface area (Å²) in [6.07, 6.45) is 10.5. The SMILES string of the molecule is C=C1CC(CC)(CC)Cc2ccc(C3=CC(c4cccc(C)c4)=CC3)cc21. The summed E-state index contributed by atoms with van der Waals surface area (Å²) in [5, 5.41) is 0. The highest BCUT2D eigenvalue weighted by Crippen LogP contribution is 2.46. The Kier molecular flexibility index (Phi) is 4.68. The monoisotopic (exact) mass is 354 g/mol. The first-order chi connectivity index (χ1) is 13.0. The van der Waals surface area contributed by atoms with Crippen molar-refractivity contribution in [1.29, 1.82) is 0 Å². The molecular formula is C27H30. The molecule has 0 bridgehead atoms. The molecule has 0 heteroatoms. The molecule has 2 aromatic carbocycles. The third-order valence-corrected chi connectivity index (χ3v) is 6.74. The second-order valence-corrected chi connectivity index (χ2v) is 8.44. The molecule has 0 fully saturated rings. The zero-order valence-electron chi connectivity index (χ0n) is 16.9. The van der Waals surface area contributed by atoms with Crippen molar-refractivity contribution in [3.8, 4) is 0 Å². The lowest BCUT2D eigenvalue weighted by atomic mass is 9.66. The molecule has 0 amide bonds. The van der Waals surface area contributed by atoms with Crippen molar-refractivity contribution >= 4 is 16.7 Å². The van der Waals surface area contributed by atoms with Crippen LogP contribution in [-0.4, -0.2) is 0 Å². The number of hydrogen-bond donors (Lipinski definition) is 0. The highest BCUT2D eigenvalue weighted by atomic mass is 14.4. The fourth-order valence-corrected chi connectivity index (χ4v) is 4.78. The van der Waals surface area contributed by atoms with Crippen LogP contribution in [0.25, 0.3) is 16.7 Å². The summed E-state index contributed by atoms with van der Waals surface area (Å²) in [6, 6.07) is 15.9. The van der Waals surface area contributed by atoms with Gasteiger partial charge in [0.15, 0.2) is 0 Å². The van der Waals surface area contributed by atoms with Gasteiger partial charge in [-0.15, -0.1) is 0 Å². The minimum Gasteiger partial charge on any atom is -0.0952 e. The van der Waals surface area contributed by atoms with Gasteiger partial charge in [-0.2, -0.15) is 0 Å². The molecule has 0 aromatic heterocycles. The molecule has 0 aliphatic heterocycles. The molecule has 0 atom stereocenters. The number of hydrogen-bond acceptors (Lipinski definition) is 0. The van der Waals surface area contributed by atoms with E-state index in [0.717, 1.165) is 12.8 Å². The largest absolute Gasteiger partial charge is 0.0952 e. The minimum absolute atomic E-state index is 0.415. The Labute approximate surface area is 164 Å². The zero-order chi connectivity index (χ0) is 19.0. The van der Waals surface area contributed by atoms with Gasteiger partial charge in [0.2, 0.25) is 0 Å². The van der Waals surface area contributed by atoms with Gasteiger partial charge < -0.3 is 0 Å². The van der Waals surface area contributed by atoms with Crippen LogP contribution < -0.4 is 0 Å². The molecule has 2 aliphatic rings. The first-order valence-electron chi connectivity index (χ1n) is 10.3. The lowest BCUT2D eigenvalue weighted by molar-refractivity contribution is 0.261. The Morgan fingerprint density at radius 1 is 0.963 bits per heavy atom. The molecule has 2 aromatic rings. The molecule has 0 saturated carbocycles. The number of allylic oxidation sites excluding steroid dienone is 5. The predicted octanol–water partition coefficient (Wildman–Crippen LogP) is 7.63. The van der Waals surface area contributed by atoms with E-state index in [4.69, 9.17) is 0 Å². The second kappa shape index (κ2) is 7.00. The molecule has 0 N–H and O–H groups in total. The summed E-state index contributed by atoms with van der Waals surface area (Å²) in [5.41, 5.74) is 11.4. The standard InChI is InChI=1S/C27H30/c1-5-27(6-2)17-20(4)26-16-24(12-13-25(26)18-27)23-11-10-22(15-23)21-9-7-8-19(3)14-21/h7-10,12-16H,4-6,11,17-18H2,1-3H3. The van der Waals surface area contributed by atoms with Gasteiger partial charge in [0, 0.05) is 0 Å². The summed E-state index contributed by atoms with van der Waals surface area (Å²) in [5.74, 6) is 0. The van der Waals surface area contributed by atoms with E-state index in [2.05, 4.69) is 82.0 Å². The van der Waals surface area contributed by atoms with Crippen molar-refractivity contribution in [2.24, 2.45) is 5.41 Å². The van der Waals surface area contributed by atoms with Crippen molar-refractivity contribution in [3.63, 3.8) is 0 Å². The molecule has 0 radical (unpaired) electrons. The van der Waals surface area contributed by atoms with Gasteiger partial charge in [0.1, 0.15) is 0 Å². The molecule has 0 heterocycles. The molecular weight excluding hydrogens is 324 g/mol. The average Bonchev–Trinajstić information content (AvgIpc) is 3.18. The van der Waals surface area contributed by atoms with Crippen LogP contribution in [0.5, 0.6) is 0 Å². The van der Waals surface area contributed by atoms with Gasteiger partial charge in [0.25, 0.3) is 0 Å². The van der Waals surface area contributed by atoms with Gasteiger partial charge in [-0.3, -0.25) is 0 Å². The summed E-state index contributed by atoms with van der Waals surface area (Å²) in [7, 11) is 0. The maximum absolute atomic E-state index is 4.45. The molecule has 0 nitrogen and oxygen atoms in total. The van der Waals surface area contributed by atoms with Crippen molar-refractivity contribution in [1.82, 2.24) is 0 Å². The van der Waals surface area contributed by atoms with E-state index in [1.54, 1.807) is 0 Å². The van der Waals surface area contributed by atoms with Crippen molar-refractivity contribution in [3.05, 3.63) is 89.0 Å². The zero-order valence-corrected chi connectivity index (χ0v) is 16.9. The fraction of sp³-hybridized carbons (Fsp3) is 0.333. The Bertz CT molecular complexity index is 948. The van der Waals surface area contributed by atoms with Crippen molar-refractivity contribution < 1.29 is 0 Å². The summed E-state index contributed by atoms with van der Waals surface area (Å²) >= 11 is 0. The molecule has 0 unspecified atom stereocenters. The number of aryl methyl sites for hydroxylation is 1. The van der Waals surface area contributed by atoms with Crippen LogP contribution in [0.4, 0.5) is 0 Å². The van der Waals surface area contributed by atoms with Crippen LogP contribution in [0.2, 0.25) is 0 Å². The van der Waals surface area contributed by atoms with E-state index in [1.807, 2.05) is 0 Å². The third-order valence-electron chi connectivity index (χ3n) is 6.74. The molecule has 27 heavy (non-hydrogen) atoms. The van der Waals surface area contributed by atoms with Crippen LogP contribution in [0.15, 0.2) is 61.2 Å². The smallest absolute Gasteiger partial charge is 0.00821 e. The first-order valence-corrected chi connectivity index (χ1v) is 10.3. The molecule has 138 valence electrons. The third kappa shape index (κ3) is 3.34. The van der Waals surface area contributed by atoms with E-state index in [-0.39, 0.29) is 0 Å². The Hall–Kier alpha value is -2.34. The number of fused-ring (bicyclic) bond motifs is 1. The Morgan fingerprint density at radius 3 is 2.52 bits per heavy atom. The highest BCUT2D eigenvalue weighted by Gasteiger charge is 2.33.